The highest BCUT2D eigenvalue weighted by atomic mass is 35.5. The van der Waals surface area contributed by atoms with Gasteiger partial charge in [0.05, 0.1) is 5.60 Å². The molecule has 3 N–H and O–H groups in total. The first-order valence-corrected chi connectivity index (χ1v) is 7.89. The maximum atomic E-state index is 11.8. The molecule has 4 nitrogen and oxygen atoms in total. The molecule has 0 heterocycles. The van der Waals surface area contributed by atoms with Crippen LogP contribution in [0.3, 0.4) is 0 Å². The minimum Gasteiger partial charge on any atom is -0.388 e. The quantitative estimate of drug-likeness (QED) is 0.783. The van der Waals surface area contributed by atoms with E-state index in [9.17, 15) is 9.90 Å². The number of hydrogen-bond donors (Lipinski definition) is 3. The van der Waals surface area contributed by atoms with Crippen LogP contribution in [-0.2, 0) is 5.41 Å². The zero-order valence-electron chi connectivity index (χ0n) is 12.0. The van der Waals surface area contributed by atoms with E-state index in [1.54, 1.807) is 0 Å². The van der Waals surface area contributed by atoms with Gasteiger partial charge in [-0.1, -0.05) is 23.7 Å². The monoisotopic (exact) mass is 308 g/mol. The molecule has 0 bridgehead atoms. The van der Waals surface area contributed by atoms with E-state index in [0.717, 1.165) is 37.1 Å². The van der Waals surface area contributed by atoms with Crippen LogP contribution in [0, 0.1) is 0 Å². The number of aliphatic hydroxyl groups is 1. The molecule has 2 saturated carbocycles. The van der Waals surface area contributed by atoms with Crippen LogP contribution >= 0.6 is 11.6 Å². The zero-order valence-corrected chi connectivity index (χ0v) is 12.7. The number of benzene rings is 1. The lowest BCUT2D eigenvalue weighted by molar-refractivity contribution is -0.0290. The maximum absolute atomic E-state index is 11.8. The maximum Gasteiger partial charge on any atom is 0.314 e. The molecule has 1 aromatic carbocycles. The summed E-state index contributed by atoms with van der Waals surface area (Å²) in [5, 5.41) is 16.4. The first kappa shape index (κ1) is 14.7. The average Bonchev–Trinajstić information content (AvgIpc) is 3.22. The van der Waals surface area contributed by atoms with Crippen molar-refractivity contribution in [2.24, 2.45) is 0 Å². The number of rotatable bonds is 5. The second kappa shape index (κ2) is 5.50. The molecule has 0 aliphatic heterocycles. The van der Waals surface area contributed by atoms with E-state index in [2.05, 4.69) is 16.7 Å². The van der Waals surface area contributed by atoms with Crippen LogP contribution in [-0.4, -0.2) is 29.8 Å². The van der Waals surface area contributed by atoms with Crippen LogP contribution in [0.5, 0.6) is 0 Å². The van der Waals surface area contributed by atoms with Crippen molar-refractivity contribution < 1.29 is 9.90 Å². The van der Waals surface area contributed by atoms with Gasteiger partial charge in [0.2, 0.25) is 0 Å². The summed E-state index contributed by atoms with van der Waals surface area (Å²) in [5.41, 5.74) is 0.546. The van der Waals surface area contributed by atoms with Crippen LogP contribution < -0.4 is 10.6 Å². The van der Waals surface area contributed by atoms with Gasteiger partial charge in [0, 0.05) is 23.5 Å². The Labute approximate surface area is 129 Å². The smallest absolute Gasteiger partial charge is 0.314 e. The molecule has 0 spiro atoms. The van der Waals surface area contributed by atoms with Crippen LogP contribution in [0.25, 0.3) is 0 Å². The van der Waals surface area contributed by atoms with Gasteiger partial charge in [0.15, 0.2) is 0 Å². The highest BCUT2D eigenvalue weighted by Crippen LogP contribution is 2.48. The SMILES string of the molecule is O=C(NCC1(O)CCC1)NCC1(c2cccc(Cl)c2)CC1. The largest absolute Gasteiger partial charge is 0.388 e. The van der Waals surface area contributed by atoms with Gasteiger partial charge in [-0.25, -0.2) is 4.79 Å². The molecule has 2 aliphatic rings. The topological polar surface area (TPSA) is 61.4 Å². The summed E-state index contributed by atoms with van der Waals surface area (Å²) in [7, 11) is 0. The summed E-state index contributed by atoms with van der Waals surface area (Å²) in [5.74, 6) is 0. The van der Waals surface area contributed by atoms with E-state index in [1.165, 1.54) is 5.56 Å². The number of halogens is 1. The van der Waals surface area contributed by atoms with Crippen LogP contribution in [0.1, 0.15) is 37.7 Å². The molecule has 21 heavy (non-hydrogen) atoms. The molecule has 0 unspecified atom stereocenters. The normalized spacial score (nSPS) is 21.2. The van der Waals surface area contributed by atoms with Crippen LogP contribution in [0.15, 0.2) is 24.3 Å². The molecule has 114 valence electrons. The molecular formula is C16H21ClN2O2. The minimum atomic E-state index is -0.679. The highest BCUT2D eigenvalue weighted by Gasteiger charge is 2.44. The van der Waals surface area contributed by atoms with E-state index in [1.807, 2.05) is 18.2 Å². The molecular weight excluding hydrogens is 288 g/mol. The van der Waals surface area contributed by atoms with E-state index < -0.39 is 5.60 Å². The number of hydrogen-bond acceptors (Lipinski definition) is 2. The van der Waals surface area contributed by atoms with Crippen LogP contribution in [0.4, 0.5) is 4.79 Å². The average molecular weight is 309 g/mol. The van der Waals surface area contributed by atoms with Crippen molar-refractivity contribution in [2.75, 3.05) is 13.1 Å². The molecule has 2 aliphatic carbocycles. The van der Waals surface area contributed by atoms with E-state index in [4.69, 9.17) is 11.6 Å². The van der Waals surface area contributed by atoms with Gasteiger partial charge in [0.1, 0.15) is 0 Å². The van der Waals surface area contributed by atoms with Crippen molar-refractivity contribution in [2.45, 2.75) is 43.1 Å². The lowest BCUT2D eigenvalue weighted by Crippen LogP contribution is -2.50. The molecule has 2 amide bonds. The third-order valence-corrected chi connectivity index (χ3v) is 4.98. The van der Waals surface area contributed by atoms with Crippen molar-refractivity contribution in [3.63, 3.8) is 0 Å². The lowest BCUT2D eigenvalue weighted by atomic mass is 9.80. The molecule has 0 aromatic heterocycles. The summed E-state index contributed by atoms with van der Waals surface area (Å²) in [6.45, 7) is 0.945. The summed E-state index contributed by atoms with van der Waals surface area (Å²) in [4.78, 5) is 11.8. The van der Waals surface area contributed by atoms with E-state index in [0.29, 0.717) is 13.1 Å². The Balaban J connectivity index is 1.49. The van der Waals surface area contributed by atoms with Gasteiger partial charge in [-0.3, -0.25) is 0 Å². The fourth-order valence-electron chi connectivity index (χ4n) is 2.86. The Kier molecular flexibility index (Phi) is 3.84. The van der Waals surface area contributed by atoms with Gasteiger partial charge in [-0.05, 0) is 49.8 Å². The van der Waals surface area contributed by atoms with Crippen molar-refractivity contribution in [1.82, 2.24) is 10.6 Å². The zero-order chi connectivity index (χ0) is 14.9. The van der Waals surface area contributed by atoms with Crippen molar-refractivity contribution >= 4 is 17.6 Å². The first-order valence-electron chi connectivity index (χ1n) is 7.52. The standard InChI is InChI=1S/C16H21ClN2O2/c17-13-4-1-3-12(9-13)15(7-8-15)10-18-14(20)19-11-16(21)5-2-6-16/h1,3-4,9,21H,2,5-8,10-11H2,(H2,18,19,20). The number of carbonyl (C=O) groups excluding carboxylic acids is 1. The molecule has 5 heteroatoms. The lowest BCUT2D eigenvalue weighted by Gasteiger charge is -2.36. The predicted octanol–water partition coefficient (Wildman–Crippen LogP) is 2.59. The first-order chi connectivity index (χ1) is 10.0. The predicted molar refractivity (Wildman–Crippen MR) is 82.6 cm³/mol. The summed E-state index contributed by atoms with van der Waals surface area (Å²) >= 11 is 6.04. The van der Waals surface area contributed by atoms with Gasteiger partial charge in [-0.2, -0.15) is 0 Å². The summed E-state index contributed by atoms with van der Waals surface area (Å²) in [6.07, 6.45) is 4.73. The fraction of sp³-hybridized carbons (Fsp3) is 0.562. The van der Waals surface area contributed by atoms with Gasteiger partial charge >= 0.3 is 6.03 Å². The minimum absolute atomic E-state index is 0.0373. The van der Waals surface area contributed by atoms with E-state index >= 15 is 0 Å². The van der Waals surface area contributed by atoms with Gasteiger partial charge in [0.25, 0.3) is 0 Å². The fourth-order valence-corrected chi connectivity index (χ4v) is 3.05. The number of amides is 2. The number of nitrogens with one attached hydrogen (secondary N) is 2. The Morgan fingerprint density at radius 2 is 1.90 bits per heavy atom. The van der Waals surface area contributed by atoms with Crippen molar-refractivity contribution in [3.8, 4) is 0 Å². The Bertz CT molecular complexity index is 539. The van der Waals surface area contributed by atoms with Crippen molar-refractivity contribution in [1.29, 1.82) is 0 Å². The van der Waals surface area contributed by atoms with Crippen LogP contribution in [0.2, 0.25) is 5.02 Å². The summed E-state index contributed by atoms with van der Waals surface area (Å²) < 4.78 is 0. The number of carbonyl (C=O) groups is 1. The molecule has 1 aromatic rings. The van der Waals surface area contributed by atoms with Gasteiger partial charge in [-0.15, -0.1) is 0 Å². The molecule has 0 radical (unpaired) electrons. The Hall–Kier alpha value is -1.26. The number of urea groups is 1. The van der Waals surface area contributed by atoms with Crippen molar-refractivity contribution in [3.05, 3.63) is 34.9 Å². The van der Waals surface area contributed by atoms with E-state index in [-0.39, 0.29) is 11.4 Å². The molecule has 2 fully saturated rings. The van der Waals surface area contributed by atoms with Gasteiger partial charge < -0.3 is 15.7 Å². The second-order valence-electron chi connectivity index (χ2n) is 6.40. The summed E-state index contributed by atoms with van der Waals surface area (Å²) in [6, 6.07) is 7.65. The molecule has 3 rings (SSSR count). The second-order valence-corrected chi connectivity index (χ2v) is 6.84. The Morgan fingerprint density at radius 3 is 2.48 bits per heavy atom. The third-order valence-electron chi connectivity index (χ3n) is 4.74. The third kappa shape index (κ3) is 3.33. The Morgan fingerprint density at radius 1 is 1.19 bits per heavy atom. The molecule has 0 saturated heterocycles. The molecule has 0 atom stereocenters. The highest BCUT2D eigenvalue weighted by molar-refractivity contribution is 6.30.